The van der Waals surface area contributed by atoms with E-state index in [2.05, 4.69) is 25.9 Å². The smallest absolute Gasteiger partial charge is 0.138 e. The first-order valence-corrected chi connectivity index (χ1v) is 4.92. The van der Waals surface area contributed by atoms with Crippen molar-refractivity contribution < 1.29 is 4.79 Å². The van der Waals surface area contributed by atoms with Crippen molar-refractivity contribution in [2.45, 2.75) is 26.2 Å². The topological polar surface area (TPSA) is 42.9 Å². The van der Waals surface area contributed by atoms with E-state index >= 15 is 0 Å². The number of carbonyl (C=O) groups is 1. The van der Waals surface area contributed by atoms with Crippen molar-refractivity contribution in [2.75, 3.05) is 0 Å². The summed E-state index contributed by atoms with van der Waals surface area (Å²) in [6.45, 7) is 3.56. The molecule has 0 fully saturated rings. The van der Waals surface area contributed by atoms with Crippen LogP contribution < -0.4 is 0 Å². The molecule has 1 aromatic heterocycles. The Labute approximate surface area is 85.7 Å². The standard InChI is InChI=1S/C9H11BrN2O/c1-3-7(6(2)13)9-8(10)4-11-5-12-9/h4-5,7H,3H2,1-2H3. The van der Waals surface area contributed by atoms with Gasteiger partial charge in [0.25, 0.3) is 0 Å². The summed E-state index contributed by atoms with van der Waals surface area (Å²) >= 11 is 3.33. The van der Waals surface area contributed by atoms with Crippen molar-refractivity contribution in [1.82, 2.24) is 9.97 Å². The van der Waals surface area contributed by atoms with E-state index < -0.39 is 0 Å². The third kappa shape index (κ3) is 2.34. The summed E-state index contributed by atoms with van der Waals surface area (Å²) in [5.41, 5.74) is 0.782. The monoisotopic (exact) mass is 242 g/mol. The van der Waals surface area contributed by atoms with Gasteiger partial charge in [-0.15, -0.1) is 0 Å². The summed E-state index contributed by atoms with van der Waals surface area (Å²) in [4.78, 5) is 19.2. The number of carbonyl (C=O) groups excluding carboxylic acids is 1. The van der Waals surface area contributed by atoms with Crippen LogP contribution in [-0.2, 0) is 4.79 Å². The molecule has 1 unspecified atom stereocenters. The molecule has 0 N–H and O–H groups in total. The molecule has 70 valence electrons. The van der Waals surface area contributed by atoms with Crippen LogP contribution in [0.3, 0.4) is 0 Å². The Morgan fingerprint density at radius 2 is 2.38 bits per heavy atom. The molecule has 1 atom stereocenters. The number of nitrogens with zero attached hydrogens (tertiary/aromatic N) is 2. The molecule has 0 amide bonds. The van der Waals surface area contributed by atoms with E-state index in [1.807, 2.05) is 6.92 Å². The molecule has 0 aliphatic rings. The van der Waals surface area contributed by atoms with Gasteiger partial charge in [-0.2, -0.15) is 0 Å². The fraction of sp³-hybridized carbons (Fsp3) is 0.444. The molecule has 3 nitrogen and oxygen atoms in total. The number of ketones is 1. The van der Waals surface area contributed by atoms with Crippen LogP contribution in [0.15, 0.2) is 17.0 Å². The Morgan fingerprint density at radius 1 is 1.69 bits per heavy atom. The molecular formula is C9H11BrN2O. The lowest BCUT2D eigenvalue weighted by Crippen LogP contribution is -2.10. The fourth-order valence-electron chi connectivity index (χ4n) is 1.25. The van der Waals surface area contributed by atoms with Crippen LogP contribution in [0, 0.1) is 0 Å². The fourth-order valence-corrected chi connectivity index (χ4v) is 1.75. The Hall–Kier alpha value is -0.770. The van der Waals surface area contributed by atoms with Gasteiger partial charge in [0, 0.05) is 6.20 Å². The zero-order chi connectivity index (χ0) is 9.84. The summed E-state index contributed by atoms with van der Waals surface area (Å²) in [6.07, 6.45) is 3.89. The molecule has 0 radical (unpaired) electrons. The lowest BCUT2D eigenvalue weighted by Gasteiger charge is -2.11. The van der Waals surface area contributed by atoms with E-state index in [9.17, 15) is 4.79 Å². The van der Waals surface area contributed by atoms with Gasteiger partial charge in [0.15, 0.2) is 0 Å². The lowest BCUT2D eigenvalue weighted by atomic mass is 9.98. The summed E-state index contributed by atoms with van der Waals surface area (Å²) in [5, 5.41) is 0. The van der Waals surface area contributed by atoms with Gasteiger partial charge in [-0.1, -0.05) is 6.92 Å². The minimum atomic E-state index is -0.114. The van der Waals surface area contributed by atoms with E-state index in [0.29, 0.717) is 0 Å². The van der Waals surface area contributed by atoms with Gasteiger partial charge in [0.05, 0.1) is 16.1 Å². The predicted molar refractivity (Wildman–Crippen MR) is 53.4 cm³/mol. The largest absolute Gasteiger partial charge is 0.299 e. The zero-order valence-corrected chi connectivity index (χ0v) is 9.21. The summed E-state index contributed by atoms with van der Waals surface area (Å²) in [6, 6.07) is 0. The predicted octanol–water partition coefficient (Wildman–Crippen LogP) is 2.32. The molecule has 4 heteroatoms. The molecule has 0 aliphatic carbocycles. The first-order valence-electron chi connectivity index (χ1n) is 4.12. The molecule has 0 aromatic carbocycles. The minimum absolute atomic E-state index is 0.114. The molecule has 0 bridgehead atoms. The van der Waals surface area contributed by atoms with E-state index in [1.165, 1.54) is 6.33 Å². The molecule has 0 saturated heterocycles. The van der Waals surface area contributed by atoms with Crippen molar-refractivity contribution in [3.8, 4) is 0 Å². The first-order chi connectivity index (χ1) is 6.16. The SMILES string of the molecule is CCC(C(C)=O)c1ncncc1Br. The molecular weight excluding hydrogens is 232 g/mol. The number of halogens is 1. The second-order valence-electron chi connectivity index (χ2n) is 2.83. The van der Waals surface area contributed by atoms with Gasteiger partial charge in [-0.25, -0.2) is 9.97 Å². The van der Waals surface area contributed by atoms with Crippen LogP contribution in [0.4, 0.5) is 0 Å². The zero-order valence-electron chi connectivity index (χ0n) is 7.62. The van der Waals surface area contributed by atoms with Crippen LogP contribution in [0.1, 0.15) is 31.9 Å². The van der Waals surface area contributed by atoms with Gasteiger partial charge < -0.3 is 0 Å². The van der Waals surface area contributed by atoms with E-state index in [0.717, 1.165) is 16.6 Å². The number of aromatic nitrogens is 2. The maximum atomic E-state index is 11.2. The van der Waals surface area contributed by atoms with Crippen molar-refractivity contribution in [3.05, 3.63) is 22.7 Å². The first kappa shape index (κ1) is 10.3. The van der Waals surface area contributed by atoms with E-state index in [1.54, 1.807) is 13.1 Å². The molecule has 1 heterocycles. The molecule has 1 rings (SSSR count). The normalized spacial score (nSPS) is 12.5. The van der Waals surface area contributed by atoms with Gasteiger partial charge in [0.2, 0.25) is 0 Å². The van der Waals surface area contributed by atoms with Crippen LogP contribution in [0.5, 0.6) is 0 Å². The second kappa shape index (κ2) is 4.46. The Kier molecular flexibility index (Phi) is 3.54. The average Bonchev–Trinajstić information content (AvgIpc) is 2.09. The van der Waals surface area contributed by atoms with Crippen LogP contribution >= 0.6 is 15.9 Å². The Balaban J connectivity index is 3.04. The highest BCUT2D eigenvalue weighted by molar-refractivity contribution is 9.10. The minimum Gasteiger partial charge on any atom is -0.299 e. The highest BCUT2D eigenvalue weighted by Gasteiger charge is 2.18. The third-order valence-electron chi connectivity index (χ3n) is 1.93. The van der Waals surface area contributed by atoms with Crippen LogP contribution in [0.2, 0.25) is 0 Å². The highest BCUT2D eigenvalue weighted by Crippen LogP contribution is 2.24. The van der Waals surface area contributed by atoms with Crippen molar-refractivity contribution >= 4 is 21.7 Å². The molecule has 0 spiro atoms. The van der Waals surface area contributed by atoms with Crippen molar-refractivity contribution in [1.29, 1.82) is 0 Å². The maximum absolute atomic E-state index is 11.2. The Morgan fingerprint density at radius 3 is 2.85 bits per heavy atom. The van der Waals surface area contributed by atoms with Gasteiger partial charge in [-0.3, -0.25) is 4.79 Å². The van der Waals surface area contributed by atoms with Crippen molar-refractivity contribution in [2.24, 2.45) is 0 Å². The van der Waals surface area contributed by atoms with Gasteiger partial charge in [-0.05, 0) is 29.3 Å². The molecule has 13 heavy (non-hydrogen) atoms. The maximum Gasteiger partial charge on any atom is 0.138 e. The number of hydrogen-bond donors (Lipinski definition) is 0. The lowest BCUT2D eigenvalue weighted by molar-refractivity contribution is -0.118. The average molecular weight is 243 g/mol. The van der Waals surface area contributed by atoms with Gasteiger partial charge in [0.1, 0.15) is 12.1 Å². The molecule has 0 saturated carbocycles. The molecule has 0 aliphatic heterocycles. The Bertz CT molecular complexity index is 314. The van der Waals surface area contributed by atoms with E-state index in [-0.39, 0.29) is 11.7 Å². The van der Waals surface area contributed by atoms with Gasteiger partial charge >= 0.3 is 0 Å². The van der Waals surface area contributed by atoms with Crippen LogP contribution in [0.25, 0.3) is 0 Å². The summed E-state index contributed by atoms with van der Waals surface area (Å²) in [7, 11) is 0. The third-order valence-corrected chi connectivity index (χ3v) is 2.54. The van der Waals surface area contributed by atoms with Crippen molar-refractivity contribution in [3.63, 3.8) is 0 Å². The summed E-state index contributed by atoms with van der Waals surface area (Å²) in [5.74, 6) is 0.0271. The van der Waals surface area contributed by atoms with Crippen LogP contribution in [-0.4, -0.2) is 15.8 Å². The number of rotatable bonds is 3. The van der Waals surface area contributed by atoms with E-state index in [4.69, 9.17) is 0 Å². The quantitative estimate of drug-likeness (QED) is 0.818. The number of Topliss-reactive ketones (excluding diaryl/α,β-unsaturated/α-hetero) is 1. The second-order valence-corrected chi connectivity index (χ2v) is 3.68. The number of hydrogen-bond acceptors (Lipinski definition) is 3. The highest BCUT2D eigenvalue weighted by atomic mass is 79.9. The molecule has 1 aromatic rings. The summed E-state index contributed by atoms with van der Waals surface area (Å²) < 4.78 is 0.803.